The van der Waals surface area contributed by atoms with Crippen molar-refractivity contribution < 1.29 is 19.8 Å². The van der Waals surface area contributed by atoms with Gasteiger partial charge in [-0.3, -0.25) is 0 Å². The summed E-state index contributed by atoms with van der Waals surface area (Å²) in [6.45, 7) is 6.76. The highest BCUT2D eigenvalue weighted by molar-refractivity contribution is 7.95. The minimum Gasteiger partial charge on any atom is -0.550 e. The molecule has 0 N–H and O–H groups in total. The van der Waals surface area contributed by atoms with Crippen molar-refractivity contribution in [3.63, 3.8) is 0 Å². The molecule has 244 valence electrons. The van der Waals surface area contributed by atoms with E-state index in [0.717, 1.165) is 13.8 Å². The molecule has 48 heavy (non-hydrogen) atoms. The zero-order valence-corrected chi connectivity index (χ0v) is 29.6. The molecule has 0 fully saturated rings. The summed E-state index contributed by atoms with van der Waals surface area (Å²) in [4.78, 5) is 17.8. The molecule has 6 rings (SSSR count). The summed E-state index contributed by atoms with van der Waals surface area (Å²) in [5.74, 6) is -2.17. The molecule has 0 saturated carbocycles. The molecule has 0 saturated heterocycles. The van der Waals surface area contributed by atoms with Gasteiger partial charge in [0.05, 0.1) is 13.3 Å². The molecule has 0 heterocycles. The molecule has 4 nitrogen and oxygen atoms in total. The van der Waals surface area contributed by atoms with Crippen LogP contribution in [0.2, 0.25) is 0 Å². The summed E-state index contributed by atoms with van der Waals surface area (Å²) in [5.41, 5.74) is 0. The Morgan fingerprint density at radius 2 is 0.438 bits per heavy atom. The fraction of sp³-hybridized carbons (Fsp3) is 0.0952. The van der Waals surface area contributed by atoms with E-state index >= 15 is 0 Å². The first kappa shape index (κ1) is 37.6. The number of rotatable bonds is 6. The Hall–Kier alpha value is -4.88. The zero-order valence-electron chi connectivity index (χ0n) is 27.8. The molecule has 0 spiro atoms. The van der Waals surface area contributed by atoms with Crippen LogP contribution in [0.1, 0.15) is 13.8 Å². The molecule has 0 amide bonds. The third-order valence-corrected chi connectivity index (χ3v) is 15.6. The van der Waals surface area contributed by atoms with E-state index in [9.17, 15) is 0 Å². The Morgan fingerprint density at radius 1 is 0.333 bits per heavy atom. The van der Waals surface area contributed by atoms with E-state index in [-0.39, 0.29) is 0 Å². The predicted octanol–water partition coefficient (Wildman–Crippen LogP) is 4.73. The molecule has 0 aliphatic carbocycles. The van der Waals surface area contributed by atoms with Crippen molar-refractivity contribution in [3.05, 3.63) is 182 Å². The van der Waals surface area contributed by atoms with Crippen molar-refractivity contribution in [1.82, 2.24) is 0 Å². The topological polar surface area (TPSA) is 80.3 Å². The normalized spacial score (nSPS) is 10.4. The first-order valence-corrected chi connectivity index (χ1v) is 20.0. The van der Waals surface area contributed by atoms with Gasteiger partial charge in [0.15, 0.2) is 0 Å². The van der Waals surface area contributed by atoms with Crippen LogP contribution < -0.4 is 42.0 Å². The van der Waals surface area contributed by atoms with Crippen molar-refractivity contribution in [1.29, 1.82) is 0 Å². The fourth-order valence-electron chi connectivity index (χ4n) is 5.25. The number of hydrogen-bond acceptors (Lipinski definition) is 4. The van der Waals surface area contributed by atoms with Crippen LogP contribution in [0, 0.1) is 0 Å². The highest BCUT2D eigenvalue weighted by atomic mass is 31.2. The van der Waals surface area contributed by atoms with Gasteiger partial charge < -0.3 is 19.8 Å². The quantitative estimate of drug-likeness (QED) is 0.240. The minimum absolute atomic E-state index is 0.972. The highest BCUT2D eigenvalue weighted by Gasteiger charge is 2.40. The van der Waals surface area contributed by atoms with Gasteiger partial charge in [0.2, 0.25) is 0 Å². The van der Waals surface area contributed by atoms with Crippen LogP contribution in [0.4, 0.5) is 0 Å². The van der Waals surface area contributed by atoms with Gasteiger partial charge in [0.25, 0.3) is 0 Å². The molecule has 0 aliphatic rings. The van der Waals surface area contributed by atoms with Crippen molar-refractivity contribution in [2.45, 2.75) is 13.8 Å². The van der Waals surface area contributed by atoms with E-state index < -0.39 is 26.5 Å². The first-order chi connectivity index (χ1) is 23.1. The number of benzene rings is 6. The number of aliphatic carboxylic acids is 2. The Labute approximate surface area is 286 Å². The van der Waals surface area contributed by atoms with Crippen LogP contribution in [0.5, 0.6) is 0 Å². The monoisotopic (exact) mass is 672 g/mol. The SMILES string of the molecule is CC(=O)[O-].CC(=O)[O-].C[P+](c1ccccc1)(c1ccccc1)c1ccccc1.C[P+](c1ccccc1)(c1ccccc1)c1ccccc1. The van der Waals surface area contributed by atoms with Crippen LogP contribution in [-0.4, -0.2) is 25.3 Å². The standard InChI is InChI=1S/2C19H18P.2C2H4O2/c2*1-20(17-11-5-2-6-12-17,18-13-7-3-8-14-18)19-15-9-4-10-16-19;2*1-2(3)4/h2*2-16H,1H3;2*1H3,(H,3,4)/q2*+1;;/p-2. The molecule has 0 aromatic heterocycles. The minimum atomic E-state index is -1.53. The van der Waals surface area contributed by atoms with E-state index in [2.05, 4.69) is 195 Å². The van der Waals surface area contributed by atoms with Gasteiger partial charge in [0.1, 0.15) is 46.4 Å². The number of carbonyl (C=O) groups is 2. The van der Waals surface area contributed by atoms with E-state index in [1.54, 1.807) is 0 Å². The molecule has 6 aromatic carbocycles. The molecule has 0 aliphatic heterocycles. The van der Waals surface area contributed by atoms with E-state index in [1.807, 2.05) is 0 Å². The van der Waals surface area contributed by atoms with Gasteiger partial charge in [-0.25, -0.2) is 0 Å². The molecule has 0 unspecified atom stereocenters. The predicted molar refractivity (Wildman–Crippen MR) is 204 cm³/mol. The number of carbonyl (C=O) groups excluding carboxylic acids is 2. The second-order valence-electron chi connectivity index (χ2n) is 11.0. The van der Waals surface area contributed by atoms with Gasteiger partial charge in [0, 0.05) is 11.9 Å². The van der Waals surface area contributed by atoms with Crippen molar-refractivity contribution >= 4 is 58.3 Å². The first-order valence-electron chi connectivity index (χ1n) is 15.5. The number of hydrogen-bond donors (Lipinski definition) is 0. The molecule has 0 bridgehead atoms. The Morgan fingerprint density at radius 3 is 0.542 bits per heavy atom. The molecule has 6 aromatic rings. The van der Waals surface area contributed by atoms with Gasteiger partial charge in [-0.2, -0.15) is 0 Å². The number of carboxylic acid groups (broad SMARTS) is 2. The average Bonchev–Trinajstić information content (AvgIpc) is 3.13. The summed E-state index contributed by atoms with van der Waals surface area (Å²) in [6, 6.07) is 65.3. The highest BCUT2D eigenvalue weighted by Crippen LogP contribution is 2.52. The van der Waals surface area contributed by atoms with Crippen molar-refractivity contribution in [2.24, 2.45) is 0 Å². The largest absolute Gasteiger partial charge is 0.550 e. The lowest BCUT2D eigenvalue weighted by atomic mass is 10.4. The zero-order chi connectivity index (χ0) is 34.8. The van der Waals surface area contributed by atoms with Crippen LogP contribution in [0.3, 0.4) is 0 Å². The van der Waals surface area contributed by atoms with Crippen LogP contribution in [0.15, 0.2) is 182 Å². The lowest BCUT2D eigenvalue weighted by Gasteiger charge is -2.22. The molecule has 0 radical (unpaired) electrons. The van der Waals surface area contributed by atoms with Crippen molar-refractivity contribution in [2.75, 3.05) is 13.3 Å². The van der Waals surface area contributed by atoms with Gasteiger partial charge in [-0.15, -0.1) is 0 Å². The van der Waals surface area contributed by atoms with E-state index in [0.29, 0.717) is 0 Å². The number of carboxylic acids is 2. The second kappa shape index (κ2) is 19.1. The summed E-state index contributed by atoms with van der Waals surface area (Å²) in [6.07, 6.45) is 0. The lowest BCUT2D eigenvalue weighted by Crippen LogP contribution is -2.30. The third kappa shape index (κ3) is 10.6. The summed E-state index contributed by atoms with van der Waals surface area (Å²) in [5, 5.41) is 26.3. The Kier molecular flexibility index (Phi) is 14.9. The molecule has 6 heteroatoms. The van der Waals surface area contributed by atoms with Crippen LogP contribution in [0.25, 0.3) is 0 Å². The molecule has 0 atom stereocenters. The van der Waals surface area contributed by atoms with E-state index in [1.165, 1.54) is 31.8 Å². The Bertz CT molecular complexity index is 1450. The van der Waals surface area contributed by atoms with Crippen LogP contribution >= 0.6 is 14.5 Å². The maximum atomic E-state index is 8.89. The smallest absolute Gasteiger partial charge is 0.109 e. The summed E-state index contributed by atoms with van der Waals surface area (Å²) in [7, 11) is -3.05. The van der Waals surface area contributed by atoms with E-state index in [4.69, 9.17) is 19.8 Å². The molecular formula is C42H42O4P2. The Balaban J connectivity index is 0.000000213. The lowest BCUT2D eigenvalue weighted by molar-refractivity contribution is -0.303. The summed E-state index contributed by atoms with van der Waals surface area (Å²) < 4.78 is 0. The maximum absolute atomic E-state index is 8.89. The van der Waals surface area contributed by atoms with Gasteiger partial charge >= 0.3 is 0 Å². The molecular weight excluding hydrogens is 630 g/mol. The van der Waals surface area contributed by atoms with Gasteiger partial charge in [-0.1, -0.05) is 109 Å². The third-order valence-electron chi connectivity index (χ3n) is 7.64. The second-order valence-corrected chi connectivity index (χ2v) is 18.1. The van der Waals surface area contributed by atoms with Gasteiger partial charge in [-0.05, 0) is 86.6 Å². The fourth-order valence-corrected chi connectivity index (χ4v) is 11.7. The average molecular weight is 673 g/mol. The summed E-state index contributed by atoms with van der Waals surface area (Å²) >= 11 is 0. The van der Waals surface area contributed by atoms with Crippen LogP contribution in [-0.2, 0) is 9.59 Å². The maximum Gasteiger partial charge on any atom is 0.109 e. The van der Waals surface area contributed by atoms with Crippen molar-refractivity contribution in [3.8, 4) is 0 Å².